The summed E-state index contributed by atoms with van der Waals surface area (Å²) in [6, 6.07) is 9.49. The SMILES string of the molecule is NCc1cncc(-c2cc3cc(Cl)ccc3o2)c1. The van der Waals surface area contributed by atoms with Crippen LogP contribution in [0.15, 0.2) is 47.1 Å². The smallest absolute Gasteiger partial charge is 0.136 e. The van der Waals surface area contributed by atoms with Gasteiger partial charge in [-0.2, -0.15) is 0 Å². The van der Waals surface area contributed by atoms with Crippen LogP contribution in [0.1, 0.15) is 5.56 Å². The van der Waals surface area contributed by atoms with Crippen molar-refractivity contribution in [2.24, 2.45) is 5.73 Å². The quantitative estimate of drug-likeness (QED) is 0.764. The summed E-state index contributed by atoms with van der Waals surface area (Å²) >= 11 is 5.95. The van der Waals surface area contributed by atoms with Gasteiger partial charge in [-0.15, -0.1) is 0 Å². The van der Waals surface area contributed by atoms with Crippen molar-refractivity contribution in [2.75, 3.05) is 0 Å². The monoisotopic (exact) mass is 258 g/mol. The molecule has 0 aliphatic heterocycles. The summed E-state index contributed by atoms with van der Waals surface area (Å²) in [5.74, 6) is 0.773. The molecule has 0 saturated heterocycles. The van der Waals surface area contributed by atoms with E-state index < -0.39 is 0 Å². The highest BCUT2D eigenvalue weighted by Crippen LogP contribution is 2.29. The van der Waals surface area contributed by atoms with Gasteiger partial charge >= 0.3 is 0 Å². The maximum atomic E-state index is 5.95. The van der Waals surface area contributed by atoms with Gasteiger partial charge in [-0.1, -0.05) is 11.6 Å². The number of hydrogen-bond donors (Lipinski definition) is 1. The van der Waals surface area contributed by atoms with Crippen LogP contribution in [0.25, 0.3) is 22.3 Å². The van der Waals surface area contributed by atoms with E-state index in [0.29, 0.717) is 11.6 Å². The minimum absolute atomic E-state index is 0.465. The second-order valence-electron chi connectivity index (χ2n) is 4.08. The molecule has 0 radical (unpaired) electrons. The van der Waals surface area contributed by atoms with Gasteiger partial charge in [0, 0.05) is 34.9 Å². The van der Waals surface area contributed by atoms with E-state index >= 15 is 0 Å². The standard InChI is InChI=1S/C14H11ClN2O/c15-12-1-2-13-10(4-12)5-14(18-13)11-3-9(6-16)7-17-8-11/h1-5,7-8H,6,16H2. The fourth-order valence-corrected chi connectivity index (χ4v) is 2.07. The number of fused-ring (bicyclic) bond motifs is 1. The first-order valence-electron chi connectivity index (χ1n) is 5.60. The van der Waals surface area contributed by atoms with Crippen LogP contribution in [0.3, 0.4) is 0 Å². The topological polar surface area (TPSA) is 52.0 Å². The fraction of sp³-hybridized carbons (Fsp3) is 0.0714. The minimum Gasteiger partial charge on any atom is -0.456 e. The van der Waals surface area contributed by atoms with Crippen molar-refractivity contribution >= 4 is 22.6 Å². The number of halogens is 1. The van der Waals surface area contributed by atoms with E-state index in [9.17, 15) is 0 Å². The van der Waals surface area contributed by atoms with Gasteiger partial charge in [0.1, 0.15) is 11.3 Å². The first kappa shape index (κ1) is 11.3. The Kier molecular flexibility index (Phi) is 2.78. The molecule has 18 heavy (non-hydrogen) atoms. The Labute approximate surface area is 109 Å². The Balaban J connectivity index is 2.13. The Morgan fingerprint density at radius 2 is 2.06 bits per heavy atom. The number of furan rings is 1. The first-order chi connectivity index (χ1) is 8.76. The van der Waals surface area contributed by atoms with Gasteiger partial charge in [0.15, 0.2) is 0 Å². The predicted octanol–water partition coefficient (Wildman–Crippen LogP) is 3.61. The number of aromatic nitrogens is 1. The van der Waals surface area contributed by atoms with Crippen LogP contribution in [0, 0.1) is 0 Å². The van der Waals surface area contributed by atoms with Crippen LogP contribution in [-0.4, -0.2) is 4.98 Å². The van der Waals surface area contributed by atoms with E-state index in [0.717, 1.165) is 27.9 Å². The molecule has 3 nitrogen and oxygen atoms in total. The zero-order valence-electron chi connectivity index (χ0n) is 9.56. The molecule has 3 aromatic rings. The molecular formula is C14H11ClN2O. The van der Waals surface area contributed by atoms with Gasteiger partial charge in [-0.05, 0) is 35.9 Å². The van der Waals surface area contributed by atoms with Crippen molar-refractivity contribution in [2.45, 2.75) is 6.54 Å². The van der Waals surface area contributed by atoms with E-state index in [1.165, 1.54) is 0 Å². The zero-order valence-corrected chi connectivity index (χ0v) is 10.3. The van der Waals surface area contributed by atoms with Crippen LogP contribution in [-0.2, 0) is 6.54 Å². The third-order valence-electron chi connectivity index (χ3n) is 2.79. The van der Waals surface area contributed by atoms with Gasteiger partial charge in [-0.25, -0.2) is 0 Å². The van der Waals surface area contributed by atoms with E-state index in [1.807, 2.05) is 30.3 Å². The van der Waals surface area contributed by atoms with Crippen molar-refractivity contribution in [3.05, 3.63) is 53.3 Å². The Bertz CT molecular complexity index is 706. The van der Waals surface area contributed by atoms with Crippen molar-refractivity contribution < 1.29 is 4.42 Å². The molecule has 0 unspecified atom stereocenters. The summed E-state index contributed by atoms with van der Waals surface area (Å²) in [5, 5.41) is 1.68. The highest BCUT2D eigenvalue weighted by molar-refractivity contribution is 6.31. The number of benzene rings is 1. The summed E-state index contributed by atoms with van der Waals surface area (Å²) in [6.07, 6.45) is 3.52. The lowest BCUT2D eigenvalue weighted by Crippen LogP contribution is -1.96. The van der Waals surface area contributed by atoms with E-state index in [4.69, 9.17) is 21.8 Å². The third-order valence-corrected chi connectivity index (χ3v) is 3.03. The van der Waals surface area contributed by atoms with Gasteiger partial charge in [-0.3, -0.25) is 4.98 Å². The van der Waals surface area contributed by atoms with Gasteiger partial charge in [0.2, 0.25) is 0 Å². The van der Waals surface area contributed by atoms with Gasteiger partial charge in [0.25, 0.3) is 0 Å². The minimum atomic E-state index is 0.465. The summed E-state index contributed by atoms with van der Waals surface area (Å²) in [5.41, 5.74) is 8.32. The lowest BCUT2D eigenvalue weighted by molar-refractivity contribution is 0.631. The first-order valence-corrected chi connectivity index (χ1v) is 5.97. The number of nitrogens with two attached hydrogens (primary N) is 1. The second-order valence-corrected chi connectivity index (χ2v) is 4.52. The lowest BCUT2D eigenvalue weighted by Gasteiger charge is -1.99. The molecule has 90 valence electrons. The van der Waals surface area contributed by atoms with E-state index in [1.54, 1.807) is 12.4 Å². The molecule has 2 aromatic heterocycles. The Hall–Kier alpha value is -1.84. The van der Waals surface area contributed by atoms with Crippen molar-refractivity contribution in [3.8, 4) is 11.3 Å². The maximum absolute atomic E-state index is 5.95. The van der Waals surface area contributed by atoms with Gasteiger partial charge < -0.3 is 10.2 Å². The second kappa shape index (κ2) is 4.44. The molecule has 0 atom stereocenters. The molecule has 0 spiro atoms. The van der Waals surface area contributed by atoms with Gasteiger partial charge in [0.05, 0.1) is 0 Å². The average molecular weight is 259 g/mol. The molecular weight excluding hydrogens is 248 g/mol. The molecule has 0 aliphatic rings. The van der Waals surface area contributed by atoms with Crippen LogP contribution >= 0.6 is 11.6 Å². The van der Waals surface area contributed by atoms with Crippen LogP contribution in [0.4, 0.5) is 0 Å². The lowest BCUT2D eigenvalue weighted by atomic mass is 10.1. The third kappa shape index (κ3) is 1.98. The zero-order chi connectivity index (χ0) is 12.5. The molecule has 2 heterocycles. The molecule has 0 aliphatic carbocycles. The number of pyridine rings is 1. The van der Waals surface area contributed by atoms with Crippen molar-refractivity contribution in [1.82, 2.24) is 4.98 Å². The Morgan fingerprint density at radius 1 is 1.17 bits per heavy atom. The number of rotatable bonds is 2. The largest absolute Gasteiger partial charge is 0.456 e. The molecule has 2 N–H and O–H groups in total. The maximum Gasteiger partial charge on any atom is 0.136 e. The summed E-state index contributed by atoms with van der Waals surface area (Å²) in [7, 11) is 0. The Morgan fingerprint density at radius 3 is 2.89 bits per heavy atom. The summed E-state index contributed by atoms with van der Waals surface area (Å²) in [4.78, 5) is 4.15. The number of hydrogen-bond acceptors (Lipinski definition) is 3. The molecule has 0 bridgehead atoms. The van der Waals surface area contributed by atoms with Crippen LogP contribution in [0.2, 0.25) is 5.02 Å². The highest BCUT2D eigenvalue weighted by atomic mass is 35.5. The van der Waals surface area contributed by atoms with Crippen molar-refractivity contribution in [3.63, 3.8) is 0 Å². The molecule has 1 aromatic carbocycles. The molecule has 0 saturated carbocycles. The van der Waals surface area contributed by atoms with E-state index in [-0.39, 0.29) is 0 Å². The molecule has 0 amide bonds. The van der Waals surface area contributed by atoms with E-state index in [2.05, 4.69) is 4.98 Å². The van der Waals surface area contributed by atoms with Crippen LogP contribution in [0.5, 0.6) is 0 Å². The summed E-state index contributed by atoms with van der Waals surface area (Å²) in [6.45, 7) is 0.465. The summed E-state index contributed by atoms with van der Waals surface area (Å²) < 4.78 is 5.77. The molecule has 3 rings (SSSR count). The van der Waals surface area contributed by atoms with Crippen molar-refractivity contribution in [1.29, 1.82) is 0 Å². The van der Waals surface area contributed by atoms with Crippen LogP contribution < -0.4 is 5.73 Å². The fourth-order valence-electron chi connectivity index (χ4n) is 1.89. The average Bonchev–Trinajstić information content (AvgIpc) is 2.81. The predicted molar refractivity (Wildman–Crippen MR) is 72.3 cm³/mol. The molecule has 4 heteroatoms. The number of nitrogens with zero attached hydrogens (tertiary/aromatic N) is 1. The molecule has 0 fully saturated rings. The highest BCUT2D eigenvalue weighted by Gasteiger charge is 2.07. The normalized spacial score (nSPS) is 11.0.